The van der Waals surface area contributed by atoms with Gasteiger partial charge in [0, 0.05) is 12.7 Å². The number of allylic oxidation sites excluding steroid dienone is 1. The number of carbonyl (C=O) groups excluding carboxylic acids is 1. The van der Waals surface area contributed by atoms with Crippen molar-refractivity contribution in [3.05, 3.63) is 24.4 Å². The van der Waals surface area contributed by atoms with Gasteiger partial charge in [0.1, 0.15) is 0 Å². The largest absolute Gasteiger partial charge is 0.463 e. The van der Waals surface area contributed by atoms with Crippen LogP contribution >= 0.6 is 0 Å². The van der Waals surface area contributed by atoms with Crippen LogP contribution in [0.1, 0.15) is 20.3 Å². The molecule has 0 spiro atoms. The fraction of sp³-hybridized carbons (Fsp3) is 0.583. The van der Waals surface area contributed by atoms with Crippen molar-refractivity contribution < 1.29 is 14.0 Å². The van der Waals surface area contributed by atoms with Crippen LogP contribution in [-0.2, 0) is 14.0 Å². The van der Waals surface area contributed by atoms with E-state index >= 15 is 0 Å². The third-order valence-electron chi connectivity index (χ3n) is 2.22. The van der Waals surface area contributed by atoms with Gasteiger partial charge >= 0.3 is 5.97 Å². The average Bonchev–Trinajstić information content (AvgIpc) is 2.25. The molecule has 0 aliphatic carbocycles. The first kappa shape index (κ1) is 15.1. The van der Waals surface area contributed by atoms with Gasteiger partial charge in [-0.3, -0.25) is 0 Å². The minimum Gasteiger partial charge on any atom is -0.463 e. The topological polar surface area (TPSA) is 35.5 Å². The van der Waals surface area contributed by atoms with Crippen molar-refractivity contribution in [3.8, 4) is 0 Å². The molecule has 0 aliphatic rings. The van der Waals surface area contributed by atoms with Crippen LogP contribution in [0.4, 0.5) is 0 Å². The normalized spacial score (nSPS) is 14.7. The SMILES string of the molecule is C=CC(=O)OCCC[Si](C)(C=CC)OCC. The first-order chi connectivity index (χ1) is 7.58. The van der Waals surface area contributed by atoms with E-state index in [0.717, 1.165) is 19.1 Å². The maximum absolute atomic E-state index is 10.8. The summed E-state index contributed by atoms with van der Waals surface area (Å²) in [6.07, 6.45) is 4.06. The summed E-state index contributed by atoms with van der Waals surface area (Å²) in [6, 6.07) is 0.968. The van der Waals surface area contributed by atoms with E-state index in [1.807, 2.05) is 19.9 Å². The lowest BCUT2D eigenvalue weighted by molar-refractivity contribution is -0.137. The molecule has 0 aromatic rings. The summed E-state index contributed by atoms with van der Waals surface area (Å²) in [5.41, 5.74) is 2.17. The van der Waals surface area contributed by atoms with Gasteiger partial charge in [-0.05, 0) is 32.9 Å². The molecule has 3 nitrogen and oxygen atoms in total. The predicted molar refractivity (Wildman–Crippen MR) is 68.6 cm³/mol. The molecule has 92 valence electrons. The van der Waals surface area contributed by atoms with Crippen molar-refractivity contribution in [2.45, 2.75) is 32.9 Å². The van der Waals surface area contributed by atoms with Crippen LogP contribution in [0.2, 0.25) is 12.6 Å². The van der Waals surface area contributed by atoms with E-state index in [-0.39, 0.29) is 5.97 Å². The van der Waals surface area contributed by atoms with Crippen molar-refractivity contribution in [2.24, 2.45) is 0 Å². The lowest BCUT2D eigenvalue weighted by Crippen LogP contribution is -2.32. The zero-order chi connectivity index (χ0) is 12.4. The molecule has 0 N–H and O–H groups in total. The molecule has 0 aromatic carbocycles. The van der Waals surface area contributed by atoms with Crippen LogP contribution in [0.15, 0.2) is 24.4 Å². The van der Waals surface area contributed by atoms with E-state index in [0.29, 0.717) is 6.61 Å². The summed E-state index contributed by atoms with van der Waals surface area (Å²) in [5, 5.41) is 0. The van der Waals surface area contributed by atoms with E-state index in [1.54, 1.807) is 0 Å². The minimum absolute atomic E-state index is 0.356. The molecule has 1 atom stereocenters. The molecule has 0 saturated carbocycles. The van der Waals surface area contributed by atoms with Gasteiger partial charge in [-0.1, -0.05) is 18.4 Å². The van der Waals surface area contributed by atoms with Crippen LogP contribution in [0, 0.1) is 0 Å². The number of ether oxygens (including phenoxy) is 1. The molecule has 0 rings (SSSR count). The van der Waals surface area contributed by atoms with Gasteiger partial charge in [0.15, 0.2) is 0 Å². The molecule has 0 radical (unpaired) electrons. The number of rotatable bonds is 8. The van der Waals surface area contributed by atoms with Crippen molar-refractivity contribution in [1.29, 1.82) is 0 Å². The van der Waals surface area contributed by atoms with Crippen molar-refractivity contribution in [2.75, 3.05) is 13.2 Å². The Balaban J connectivity index is 3.93. The zero-order valence-electron chi connectivity index (χ0n) is 10.5. The van der Waals surface area contributed by atoms with E-state index in [2.05, 4.69) is 18.8 Å². The Kier molecular flexibility index (Phi) is 7.85. The van der Waals surface area contributed by atoms with Gasteiger partial charge in [0.05, 0.1) is 6.61 Å². The number of hydrogen-bond acceptors (Lipinski definition) is 3. The molecule has 0 bridgehead atoms. The van der Waals surface area contributed by atoms with Gasteiger partial charge in [-0.15, -0.1) is 0 Å². The van der Waals surface area contributed by atoms with Crippen LogP contribution < -0.4 is 0 Å². The molecule has 16 heavy (non-hydrogen) atoms. The van der Waals surface area contributed by atoms with E-state index < -0.39 is 8.32 Å². The standard InChI is InChI=1S/C12H22O3Si/c1-5-10-16(4,15-7-3)11-8-9-14-12(13)6-2/h5-6,10H,2,7-9,11H2,1,3-4H3. The van der Waals surface area contributed by atoms with Crippen molar-refractivity contribution >= 4 is 14.3 Å². The summed E-state index contributed by atoms with van der Waals surface area (Å²) in [4.78, 5) is 10.8. The minimum atomic E-state index is -1.73. The summed E-state index contributed by atoms with van der Waals surface area (Å²) >= 11 is 0. The summed E-state index contributed by atoms with van der Waals surface area (Å²) in [7, 11) is -1.73. The van der Waals surface area contributed by atoms with Crippen LogP contribution in [-0.4, -0.2) is 27.5 Å². The molecule has 0 amide bonds. The maximum Gasteiger partial charge on any atom is 0.330 e. The molecule has 0 aromatic heterocycles. The van der Waals surface area contributed by atoms with Crippen molar-refractivity contribution in [3.63, 3.8) is 0 Å². The fourth-order valence-electron chi connectivity index (χ4n) is 1.54. The Morgan fingerprint density at radius 2 is 2.19 bits per heavy atom. The lowest BCUT2D eigenvalue weighted by atomic mass is 10.5. The summed E-state index contributed by atoms with van der Waals surface area (Å²) in [6.45, 7) is 10.7. The van der Waals surface area contributed by atoms with Crippen LogP contribution in [0.25, 0.3) is 0 Å². The van der Waals surface area contributed by atoms with E-state index in [4.69, 9.17) is 9.16 Å². The number of esters is 1. The first-order valence-electron chi connectivity index (χ1n) is 5.65. The van der Waals surface area contributed by atoms with E-state index in [9.17, 15) is 4.79 Å². The molecule has 4 heteroatoms. The summed E-state index contributed by atoms with van der Waals surface area (Å²) < 4.78 is 10.7. The van der Waals surface area contributed by atoms with Crippen molar-refractivity contribution in [1.82, 2.24) is 0 Å². The molecular formula is C12H22O3Si. The second-order valence-electron chi connectivity index (χ2n) is 3.72. The van der Waals surface area contributed by atoms with Gasteiger partial charge in [0.25, 0.3) is 0 Å². The Morgan fingerprint density at radius 1 is 1.50 bits per heavy atom. The Hall–Kier alpha value is -0.873. The molecule has 0 saturated heterocycles. The Labute approximate surface area is 99.3 Å². The monoisotopic (exact) mass is 242 g/mol. The van der Waals surface area contributed by atoms with Gasteiger partial charge in [0.2, 0.25) is 8.32 Å². The third-order valence-corrected chi connectivity index (χ3v) is 5.55. The molecule has 0 aliphatic heterocycles. The first-order valence-corrected chi connectivity index (χ1v) is 8.34. The second kappa shape index (κ2) is 8.30. The highest BCUT2D eigenvalue weighted by Gasteiger charge is 2.24. The maximum atomic E-state index is 10.8. The number of hydrogen-bond donors (Lipinski definition) is 0. The quantitative estimate of drug-likeness (QED) is 0.284. The van der Waals surface area contributed by atoms with Gasteiger partial charge in [-0.25, -0.2) is 4.79 Å². The third kappa shape index (κ3) is 6.58. The Morgan fingerprint density at radius 3 is 2.69 bits per heavy atom. The van der Waals surface area contributed by atoms with Crippen LogP contribution in [0.5, 0.6) is 0 Å². The molecule has 1 unspecified atom stereocenters. The van der Waals surface area contributed by atoms with Gasteiger partial charge < -0.3 is 9.16 Å². The fourth-order valence-corrected chi connectivity index (χ4v) is 4.16. The predicted octanol–water partition coefficient (Wildman–Crippen LogP) is 2.83. The molecule has 0 heterocycles. The van der Waals surface area contributed by atoms with Crippen LogP contribution in [0.3, 0.4) is 0 Å². The highest BCUT2D eigenvalue weighted by atomic mass is 28.4. The zero-order valence-corrected chi connectivity index (χ0v) is 11.5. The summed E-state index contributed by atoms with van der Waals surface area (Å²) in [5.74, 6) is -0.356. The highest BCUT2D eigenvalue weighted by Crippen LogP contribution is 2.15. The second-order valence-corrected chi connectivity index (χ2v) is 7.47. The molecule has 0 fully saturated rings. The smallest absolute Gasteiger partial charge is 0.330 e. The van der Waals surface area contributed by atoms with E-state index in [1.165, 1.54) is 6.08 Å². The highest BCUT2D eigenvalue weighted by molar-refractivity contribution is 6.77. The Bertz CT molecular complexity index is 251. The number of carbonyl (C=O) groups is 1. The van der Waals surface area contributed by atoms with Gasteiger partial charge in [-0.2, -0.15) is 0 Å². The molecular weight excluding hydrogens is 220 g/mol. The lowest BCUT2D eigenvalue weighted by Gasteiger charge is -2.22. The average molecular weight is 242 g/mol.